The maximum absolute atomic E-state index is 9.16. The molecule has 0 aromatic heterocycles. The van der Waals surface area contributed by atoms with Crippen LogP contribution in [0.15, 0.2) is 59.7 Å². The third kappa shape index (κ3) is 2.79. The largest absolute Gasteiger partial charge is 0.385 e. The van der Waals surface area contributed by atoms with Gasteiger partial charge in [-0.3, -0.25) is 5.43 Å². The molecule has 0 amide bonds. The summed E-state index contributed by atoms with van der Waals surface area (Å²) in [6.07, 6.45) is 6.44. The Morgan fingerprint density at radius 3 is 2.40 bits per heavy atom. The van der Waals surface area contributed by atoms with Crippen molar-refractivity contribution in [1.82, 2.24) is 0 Å². The minimum absolute atomic E-state index is 0.485. The Hall–Kier alpha value is -1.87. The smallest absolute Gasteiger partial charge is 0.0910 e. The Kier molecular flexibility index (Phi) is 2.95. The van der Waals surface area contributed by atoms with Crippen molar-refractivity contribution in [2.45, 2.75) is 6.10 Å². The molecule has 0 bridgehead atoms. The monoisotopic (exact) mass is 200 g/mol. The molecule has 0 heterocycles. The summed E-state index contributed by atoms with van der Waals surface area (Å²) in [4.78, 5) is 0. The lowest BCUT2D eigenvalue weighted by Gasteiger charge is -2.05. The summed E-state index contributed by atoms with van der Waals surface area (Å²) in [6, 6.07) is 9.72. The van der Waals surface area contributed by atoms with Crippen molar-refractivity contribution in [2.75, 3.05) is 5.43 Å². The molecule has 0 saturated heterocycles. The van der Waals surface area contributed by atoms with Crippen LogP contribution < -0.4 is 5.43 Å². The zero-order chi connectivity index (χ0) is 10.5. The van der Waals surface area contributed by atoms with Gasteiger partial charge in [0.25, 0.3) is 0 Å². The molecular formula is C12H12N2O. The van der Waals surface area contributed by atoms with Crippen LogP contribution in [0, 0.1) is 0 Å². The predicted molar refractivity (Wildman–Crippen MR) is 61.8 cm³/mol. The van der Waals surface area contributed by atoms with E-state index < -0.39 is 6.10 Å². The second-order valence-electron chi connectivity index (χ2n) is 3.22. The molecule has 0 radical (unpaired) electrons. The third-order valence-electron chi connectivity index (χ3n) is 2.02. The first-order valence-electron chi connectivity index (χ1n) is 4.78. The van der Waals surface area contributed by atoms with E-state index in [1.807, 2.05) is 30.3 Å². The number of nitrogens with one attached hydrogen (secondary N) is 1. The Bertz CT molecular complexity index is 391. The first-order chi connectivity index (χ1) is 7.34. The molecule has 0 aliphatic heterocycles. The molecule has 1 aromatic rings. The minimum Gasteiger partial charge on any atom is -0.385 e. The summed E-state index contributed by atoms with van der Waals surface area (Å²) in [5, 5.41) is 13.3. The van der Waals surface area contributed by atoms with E-state index in [0.717, 1.165) is 11.4 Å². The van der Waals surface area contributed by atoms with Crippen LogP contribution in [0.25, 0.3) is 0 Å². The van der Waals surface area contributed by atoms with Crippen molar-refractivity contribution >= 4 is 11.4 Å². The zero-order valence-electron chi connectivity index (χ0n) is 8.17. The van der Waals surface area contributed by atoms with E-state index >= 15 is 0 Å². The SMILES string of the molecule is OC1C=CC(=NNc2ccccc2)C=C1. The highest BCUT2D eigenvalue weighted by atomic mass is 16.3. The highest BCUT2D eigenvalue weighted by Crippen LogP contribution is 2.06. The van der Waals surface area contributed by atoms with Gasteiger partial charge in [0.05, 0.1) is 17.5 Å². The number of rotatable bonds is 2. The molecule has 0 atom stereocenters. The van der Waals surface area contributed by atoms with Gasteiger partial charge in [0.2, 0.25) is 0 Å². The van der Waals surface area contributed by atoms with E-state index in [0.29, 0.717) is 0 Å². The molecule has 0 fully saturated rings. The molecule has 1 aliphatic rings. The van der Waals surface area contributed by atoms with Crippen molar-refractivity contribution in [3.05, 3.63) is 54.6 Å². The quantitative estimate of drug-likeness (QED) is 0.716. The second kappa shape index (κ2) is 4.57. The van der Waals surface area contributed by atoms with Gasteiger partial charge >= 0.3 is 0 Å². The number of para-hydroxylation sites is 1. The van der Waals surface area contributed by atoms with Crippen LogP contribution in [0.1, 0.15) is 0 Å². The lowest BCUT2D eigenvalue weighted by Crippen LogP contribution is -2.06. The predicted octanol–water partition coefficient (Wildman–Crippen LogP) is 1.94. The average molecular weight is 200 g/mol. The normalized spacial score (nSPS) is 19.0. The number of hydrogen-bond donors (Lipinski definition) is 2. The molecule has 15 heavy (non-hydrogen) atoms. The summed E-state index contributed by atoms with van der Waals surface area (Å²) < 4.78 is 0. The van der Waals surface area contributed by atoms with E-state index in [9.17, 15) is 0 Å². The zero-order valence-corrected chi connectivity index (χ0v) is 8.17. The van der Waals surface area contributed by atoms with Crippen molar-refractivity contribution in [3.8, 4) is 0 Å². The average Bonchev–Trinajstić information content (AvgIpc) is 2.30. The molecule has 1 aromatic carbocycles. The van der Waals surface area contributed by atoms with E-state index in [2.05, 4.69) is 10.5 Å². The highest BCUT2D eigenvalue weighted by Gasteiger charge is 2.00. The molecule has 3 nitrogen and oxygen atoms in total. The molecule has 76 valence electrons. The molecule has 1 aliphatic carbocycles. The van der Waals surface area contributed by atoms with Crippen molar-refractivity contribution in [1.29, 1.82) is 0 Å². The van der Waals surface area contributed by atoms with Gasteiger partial charge in [0.1, 0.15) is 0 Å². The Balaban J connectivity index is 2.01. The first kappa shape index (κ1) is 9.68. The van der Waals surface area contributed by atoms with Gasteiger partial charge in [-0.05, 0) is 24.3 Å². The molecule has 3 heteroatoms. The fourth-order valence-corrected chi connectivity index (χ4v) is 1.23. The van der Waals surface area contributed by atoms with Crippen molar-refractivity contribution in [2.24, 2.45) is 5.10 Å². The highest BCUT2D eigenvalue weighted by molar-refractivity contribution is 6.05. The van der Waals surface area contributed by atoms with Gasteiger partial charge in [0, 0.05) is 0 Å². The van der Waals surface area contributed by atoms with Gasteiger partial charge in [-0.1, -0.05) is 30.4 Å². The Morgan fingerprint density at radius 1 is 1.07 bits per heavy atom. The number of benzene rings is 1. The lowest BCUT2D eigenvalue weighted by atomic mass is 10.1. The fraction of sp³-hybridized carbons (Fsp3) is 0.0833. The van der Waals surface area contributed by atoms with Crippen LogP contribution in [-0.4, -0.2) is 16.9 Å². The van der Waals surface area contributed by atoms with E-state index in [1.54, 1.807) is 24.3 Å². The molecule has 0 spiro atoms. The number of anilines is 1. The number of aliphatic hydroxyl groups excluding tert-OH is 1. The third-order valence-corrected chi connectivity index (χ3v) is 2.02. The van der Waals surface area contributed by atoms with Gasteiger partial charge in [-0.2, -0.15) is 5.10 Å². The van der Waals surface area contributed by atoms with Crippen LogP contribution >= 0.6 is 0 Å². The standard InChI is InChI=1S/C12H12N2O/c15-12-8-6-11(7-9-12)14-13-10-4-2-1-3-5-10/h1-9,12-13,15H. The molecular weight excluding hydrogens is 188 g/mol. The molecule has 2 rings (SSSR count). The number of hydrogen-bond acceptors (Lipinski definition) is 3. The lowest BCUT2D eigenvalue weighted by molar-refractivity contribution is 0.271. The maximum Gasteiger partial charge on any atom is 0.0910 e. The van der Waals surface area contributed by atoms with Crippen LogP contribution in [0.4, 0.5) is 5.69 Å². The Labute approximate surface area is 88.4 Å². The van der Waals surface area contributed by atoms with Crippen LogP contribution in [0.2, 0.25) is 0 Å². The van der Waals surface area contributed by atoms with Crippen LogP contribution in [0.3, 0.4) is 0 Å². The Morgan fingerprint density at radius 2 is 1.73 bits per heavy atom. The van der Waals surface area contributed by atoms with E-state index in [-0.39, 0.29) is 0 Å². The van der Waals surface area contributed by atoms with Crippen LogP contribution in [-0.2, 0) is 0 Å². The van der Waals surface area contributed by atoms with E-state index in [1.165, 1.54) is 0 Å². The number of nitrogens with zero attached hydrogens (tertiary/aromatic N) is 1. The summed E-state index contributed by atoms with van der Waals surface area (Å²) in [6.45, 7) is 0. The number of allylic oxidation sites excluding steroid dienone is 2. The summed E-state index contributed by atoms with van der Waals surface area (Å²) in [5.74, 6) is 0. The van der Waals surface area contributed by atoms with Gasteiger partial charge < -0.3 is 5.11 Å². The van der Waals surface area contributed by atoms with Crippen molar-refractivity contribution < 1.29 is 5.11 Å². The number of aliphatic hydroxyl groups is 1. The summed E-state index contributed by atoms with van der Waals surface area (Å²) >= 11 is 0. The second-order valence-corrected chi connectivity index (χ2v) is 3.22. The minimum atomic E-state index is -0.485. The molecule has 0 saturated carbocycles. The summed E-state index contributed by atoms with van der Waals surface area (Å²) in [7, 11) is 0. The first-order valence-corrected chi connectivity index (χ1v) is 4.78. The van der Waals surface area contributed by atoms with E-state index in [4.69, 9.17) is 5.11 Å². The molecule has 0 unspecified atom stereocenters. The fourth-order valence-electron chi connectivity index (χ4n) is 1.23. The van der Waals surface area contributed by atoms with Gasteiger partial charge in [0.15, 0.2) is 0 Å². The summed E-state index contributed by atoms with van der Waals surface area (Å²) in [5.41, 5.74) is 4.67. The maximum atomic E-state index is 9.16. The number of hydrazone groups is 1. The van der Waals surface area contributed by atoms with Gasteiger partial charge in [-0.25, -0.2) is 0 Å². The van der Waals surface area contributed by atoms with Crippen molar-refractivity contribution in [3.63, 3.8) is 0 Å². The topological polar surface area (TPSA) is 44.6 Å². The van der Waals surface area contributed by atoms with Gasteiger partial charge in [-0.15, -0.1) is 0 Å². The molecule has 2 N–H and O–H groups in total. The van der Waals surface area contributed by atoms with Crippen LogP contribution in [0.5, 0.6) is 0 Å².